The number of nitrogens with zero attached hydrogens (tertiary/aromatic N) is 1. The molecule has 0 aromatic carbocycles. The van der Waals surface area contributed by atoms with Gasteiger partial charge in [0.05, 0.1) is 5.01 Å². The molecule has 1 aromatic rings. The largest absolute Gasteiger partial charge is 0.292 e. The normalized spacial score (nSPS) is 29.1. The Labute approximate surface area is 106 Å². The zero-order valence-electron chi connectivity index (χ0n) is 10.4. The Bertz CT molecular complexity index is 437. The highest BCUT2D eigenvalue weighted by atomic mass is 32.1. The van der Waals surface area contributed by atoms with Crippen LogP contribution in [-0.4, -0.2) is 10.8 Å². The van der Waals surface area contributed by atoms with E-state index < -0.39 is 0 Å². The molecule has 3 heteroatoms. The van der Waals surface area contributed by atoms with Crippen molar-refractivity contribution in [2.45, 2.75) is 57.8 Å². The minimum atomic E-state index is 0.276. The topological polar surface area (TPSA) is 30.0 Å². The summed E-state index contributed by atoms with van der Waals surface area (Å²) in [5.74, 6) is 1.73. The summed E-state index contributed by atoms with van der Waals surface area (Å²) in [7, 11) is 0. The van der Waals surface area contributed by atoms with Crippen molar-refractivity contribution in [3.63, 3.8) is 0 Å². The van der Waals surface area contributed by atoms with Crippen molar-refractivity contribution >= 4 is 17.1 Å². The lowest BCUT2D eigenvalue weighted by molar-refractivity contribution is 0.0968. The number of aromatic nitrogens is 1. The Hall–Kier alpha value is -0.700. The second kappa shape index (κ2) is 4.52. The maximum atomic E-state index is 11.8. The van der Waals surface area contributed by atoms with E-state index in [1.807, 2.05) is 11.3 Å². The number of hydrogen-bond acceptors (Lipinski definition) is 3. The summed E-state index contributed by atoms with van der Waals surface area (Å²) in [6.07, 6.45) is 8.02. The molecule has 0 saturated heterocycles. The lowest BCUT2D eigenvalue weighted by atomic mass is 9.83. The van der Waals surface area contributed by atoms with E-state index in [-0.39, 0.29) is 5.78 Å². The summed E-state index contributed by atoms with van der Waals surface area (Å²) >= 11 is 1.82. The molecule has 1 heterocycles. The molecule has 0 bridgehead atoms. The van der Waals surface area contributed by atoms with Gasteiger partial charge in [-0.1, -0.05) is 19.8 Å². The predicted molar refractivity (Wildman–Crippen MR) is 69.8 cm³/mol. The van der Waals surface area contributed by atoms with Gasteiger partial charge in [-0.25, -0.2) is 4.98 Å². The summed E-state index contributed by atoms with van der Waals surface area (Å²) in [6, 6.07) is 0. The molecule has 2 atom stereocenters. The van der Waals surface area contributed by atoms with Gasteiger partial charge in [-0.15, -0.1) is 11.3 Å². The van der Waals surface area contributed by atoms with Crippen LogP contribution in [0.15, 0.2) is 0 Å². The summed E-state index contributed by atoms with van der Waals surface area (Å²) in [6.45, 7) is 2.34. The average Bonchev–Trinajstić information content (AvgIpc) is 2.74. The molecule has 2 aliphatic carbocycles. The van der Waals surface area contributed by atoms with Gasteiger partial charge in [0.25, 0.3) is 0 Å². The first-order chi connectivity index (χ1) is 8.24. The number of ketones is 1. The van der Waals surface area contributed by atoms with Crippen LogP contribution in [0.1, 0.15) is 71.7 Å². The van der Waals surface area contributed by atoms with Crippen molar-refractivity contribution in [3.05, 3.63) is 15.6 Å². The van der Waals surface area contributed by atoms with Gasteiger partial charge in [0.2, 0.25) is 0 Å². The standard InChI is InChI=1S/C14H19NOS/c1-9-4-2-5-10(8-9)14-15-13-11(16)6-3-7-12(13)17-14/h9-10H,2-8H2,1H3. The molecule has 2 unspecified atom stereocenters. The second-order valence-electron chi connectivity index (χ2n) is 5.57. The van der Waals surface area contributed by atoms with Gasteiger partial charge in [0, 0.05) is 17.2 Å². The van der Waals surface area contributed by atoms with Crippen molar-refractivity contribution in [2.75, 3.05) is 0 Å². The molecule has 0 radical (unpaired) electrons. The molecule has 92 valence electrons. The van der Waals surface area contributed by atoms with Crippen LogP contribution in [-0.2, 0) is 6.42 Å². The van der Waals surface area contributed by atoms with Crippen LogP contribution < -0.4 is 0 Å². The minimum Gasteiger partial charge on any atom is -0.292 e. The van der Waals surface area contributed by atoms with E-state index in [9.17, 15) is 4.79 Å². The van der Waals surface area contributed by atoms with Gasteiger partial charge in [-0.2, -0.15) is 0 Å². The van der Waals surface area contributed by atoms with E-state index in [1.54, 1.807) is 0 Å². The summed E-state index contributed by atoms with van der Waals surface area (Å²) < 4.78 is 0. The molecule has 0 amide bonds. The Morgan fingerprint density at radius 1 is 1.24 bits per heavy atom. The number of fused-ring (bicyclic) bond motifs is 1. The first-order valence-electron chi connectivity index (χ1n) is 6.77. The molecule has 2 aliphatic rings. The Balaban J connectivity index is 1.86. The third kappa shape index (κ3) is 2.17. The van der Waals surface area contributed by atoms with Crippen LogP contribution in [0.3, 0.4) is 0 Å². The third-order valence-corrected chi connectivity index (χ3v) is 5.35. The van der Waals surface area contributed by atoms with Gasteiger partial charge in [-0.05, 0) is 31.6 Å². The van der Waals surface area contributed by atoms with Gasteiger partial charge in [-0.3, -0.25) is 4.79 Å². The zero-order valence-corrected chi connectivity index (χ0v) is 11.2. The van der Waals surface area contributed by atoms with Crippen molar-refractivity contribution < 1.29 is 4.79 Å². The van der Waals surface area contributed by atoms with Crippen LogP contribution in [0, 0.1) is 5.92 Å². The van der Waals surface area contributed by atoms with Crippen molar-refractivity contribution in [1.82, 2.24) is 4.98 Å². The van der Waals surface area contributed by atoms with Crippen molar-refractivity contribution in [3.8, 4) is 0 Å². The Kier molecular flexibility index (Phi) is 3.03. The zero-order chi connectivity index (χ0) is 11.8. The highest BCUT2D eigenvalue weighted by Gasteiger charge is 2.27. The summed E-state index contributed by atoms with van der Waals surface area (Å²) in [4.78, 5) is 17.7. The maximum Gasteiger partial charge on any atom is 0.182 e. The smallest absolute Gasteiger partial charge is 0.182 e. The van der Waals surface area contributed by atoms with Crippen LogP contribution in [0.5, 0.6) is 0 Å². The number of rotatable bonds is 1. The third-order valence-electron chi connectivity index (χ3n) is 4.07. The van der Waals surface area contributed by atoms with Crippen LogP contribution in [0.4, 0.5) is 0 Å². The summed E-state index contributed by atoms with van der Waals surface area (Å²) in [5, 5.41) is 1.25. The maximum absolute atomic E-state index is 11.8. The molecule has 0 N–H and O–H groups in total. The molecule has 17 heavy (non-hydrogen) atoms. The van der Waals surface area contributed by atoms with E-state index >= 15 is 0 Å². The lowest BCUT2D eigenvalue weighted by Gasteiger charge is -2.24. The number of Topliss-reactive ketones (excluding diaryl/α,β-unsaturated/α-hetero) is 1. The molecule has 0 aliphatic heterocycles. The van der Waals surface area contributed by atoms with E-state index in [2.05, 4.69) is 11.9 Å². The minimum absolute atomic E-state index is 0.276. The molecule has 1 saturated carbocycles. The van der Waals surface area contributed by atoms with E-state index in [0.717, 1.165) is 24.5 Å². The van der Waals surface area contributed by atoms with Crippen LogP contribution >= 0.6 is 11.3 Å². The SMILES string of the molecule is CC1CCCC(c2nc3c(s2)CCCC3=O)C1. The van der Waals surface area contributed by atoms with Crippen LogP contribution in [0.25, 0.3) is 0 Å². The van der Waals surface area contributed by atoms with E-state index in [0.29, 0.717) is 12.3 Å². The first-order valence-corrected chi connectivity index (χ1v) is 7.58. The van der Waals surface area contributed by atoms with Crippen molar-refractivity contribution in [1.29, 1.82) is 0 Å². The lowest BCUT2D eigenvalue weighted by Crippen LogP contribution is -2.12. The van der Waals surface area contributed by atoms with Gasteiger partial charge >= 0.3 is 0 Å². The molecule has 1 aromatic heterocycles. The van der Waals surface area contributed by atoms with Crippen molar-refractivity contribution in [2.24, 2.45) is 5.92 Å². The molecular weight excluding hydrogens is 230 g/mol. The van der Waals surface area contributed by atoms with Crippen LogP contribution in [0.2, 0.25) is 0 Å². The molecular formula is C14H19NOS. The van der Waals surface area contributed by atoms with E-state index in [4.69, 9.17) is 0 Å². The molecule has 2 nitrogen and oxygen atoms in total. The van der Waals surface area contributed by atoms with Gasteiger partial charge < -0.3 is 0 Å². The fourth-order valence-corrected chi connectivity index (χ4v) is 4.39. The quantitative estimate of drug-likeness (QED) is 0.754. The fourth-order valence-electron chi connectivity index (χ4n) is 3.12. The Morgan fingerprint density at radius 2 is 2.12 bits per heavy atom. The number of thiazole rings is 1. The highest BCUT2D eigenvalue weighted by Crippen LogP contribution is 2.39. The molecule has 0 spiro atoms. The number of carbonyl (C=O) groups excluding carboxylic acids is 1. The Morgan fingerprint density at radius 3 is 2.88 bits per heavy atom. The molecule has 3 rings (SSSR count). The summed E-state index contributed by atoms with van der Waals surface area (Å²) in [5.41, 5.74) is 0.814. The van der Waals surface area contributed by atoms with Gasteiger partial charge in [0.15, 0.2) is 5.78 Å². The number of hydrogen-bond donors (Lipinski definition) is 0. The van der Waals surface area contributed by atoms with E-state index in [1.165, 1.54) is 35.6 Å². The van der Waals surface area contributed by atoms with Gasteiger partial charge in [0.1, 0.15) is 5.69 Å². The average molecular weight is 249 g/mol. The monoisotopic (exact) mass is 249 g/mol. The number of aryl methyl sites for hydroxylation is 1. The second-order valence-corrected chi connectivity index (χ2v) is 6.68. The highest BCUT2D eigenvalue weighted by molar-refractivity contribution is 7.12. The number of carbonyl (C=O) groups is 1. The predicted octanol–water partition coefficient (Wildman–Crippen LogP) is 3.96. The first kappa shape index (κ1) is 11.4. The molecule has 1 fully saturated rings. The fraction of sp³-hybridized carbons (Fsp3) is 0.714.